The van der Waals surface area contributed by atoms with Crippen LogP contribution in [0.5, 0.6) is 6.01 Å². The Morgan fingerprint density at radius 2 is 1.78 bits per heavy atom. The minimum Gasteiger partial charge on any atom is -0.463 e. The smallest absolute Gasteiger partial charge is 0.320 e. The van der Waals surface area contributed by atoms with Gasteiger partial charge in [0.25, 0.3) is 0 Å². The summed E-state index contributed by atoms with van der Waals surface area (Å²) in [6.45, 7) is 7.38. The first kappa shape index (κ1) is 24.1. The topological polar surface area (TPSA) is 104 Å². The van der Waals surface area contributed by atoms with Crippen molar-refractivity contribution in [3.63, 3.8) is 0 Å². The van der Waals surface area contributed by atoms with Gasteiger partial charge in [-0.05, 0) is 23.6 Å². The lowest BCUT2D eigenvalue weighted by Crippen LogP contribution is -2.35. The molecule has 9 nitrogen and oxygen atoms in total. The van der Waals surface area contributed by atoms with Crippen molar-refractivity contribution < 1.29 is 13.9 Å². The molecule has 10 heteroatoms. The molecule has 1 fully saturated rings. The molecular weight excluding hydrogens is 461 g/mol. The molecule has 4 heterocycles. The van der Waals surface area contributed by atoms with Crippen molar-refractivity contribution in [3.05, 3.63) is 59.7 Å². The number of nitrogen functional groups attached to an aromatic ring is 1. The maximum atomic E-state index is 14.0. The zero-order valence-electron chi connectivity index (χ0n) is 20.4. The number of rotatable bonds is 9. The lowest BCUT2D eigenvalue weighted by Gasteiger charge is -2.26. The first-order valence-corrected chi connectivity index (χ1v) is 12.3. The van der Waals surface area contributed by atoms with Gasteiger partial charge in [0.1, 0.15) is 11.6 Å². The number of halogens is 1. The summed E-state index contributed by atoms with van der Waals surface area (Å²) in [6.07, 6.45) is 4.62. The number of morpholine rings is 1. The number of pyridine rings is 1. The summed E-state index contributed by atoms with van der Waals surface area (Å²) in [5.41, 5.74) is 10.0. The summed E-state index contributed by atoms with van der Waals surface area (Å²) in [5, 5.41) is 0. The van der Waals surface area contributed by atoms with Crippen molar-refractivity contribution in [1.82, 2.24) is 29.4 Å². The van der Waals surface area contributed by atoms with Crippen molar-refractivity contribution in [2.75, 3.05) is 38.6 Å². The van der Waals surface area contributed by atoms with E-state index in [0.717, 1.165) is 57.4 Å². The minimum atomic E-state index is -0.443. The average molecular weight is 492 g/mol. The summed E-state index contributed by atoms with van der Waals surface area (Å²) in [5.74, 6) is 0.291. The summed E-state index contributed by atoms with van der Waals surface area (Å²) >= 11 is 0. The molecule has 0 spiro atoms. The second kappa shape index (κ2) is 11.0. The summed E-state index contributed by atoms with van der Waals surface area (Å²) in [4.78, 5) is 20.0. The molecule has 0 aliphatic carbocycles. The van der Waals surface area contributed by atoms with Crippen molar-refractivity contribution in [3.8, 4) is 17.4 Å². The SMILES string of the molecule is CCCCOc1nc(N)c2nc(-c3cncc(F)c3)n(Cc3ccc(CN4CCOCC4)cc3)c2n1. The second-order valence-electron chi connectivity index (χ2n) is 8.88. The van der Waals surface area contributed by atoms with Gasteiger partial charge in [-0.25, -0.2) is 9.37 Å². The van der Waals surface area contributed by atoms with Crippen LogP contribution < -0.4 is 10.5 Å². The molecule has 36 heavy (non-hydrogen) atoms. The van der Waals surface area contributed by atoms with Gasteiger partial charge in [-0.3, -0.25) is 9.88 Å². The molecule has 4 aromatic rings. The monoisotopic (exact) mass is 491 g/mol. The number of hydrogen-bond donors (Lipinski definition) is 1. The Labute approximate surface area is 209 Å². The second-order valence-corrected chi connectivity index (χ2v) is 8.88. The van der Waals surface area contributed by atoms with Gasteiger partial charge in [0.05, 0.1) is 32.6 Å². The lowest BCUT2D eigenvalue weighted by atomic mass is 10.1. The first-order chi connectivity index (χ1) is 17.6. The van der Waals surface area contributed by atoms with Crippen LogP contribution in [-0.4, -0.2) is 62.3 Å². The largest absolute Gasteiger partial charge is 0.463 e. The van der Waals surface area contributed by atoms with Crippen molar-refractivity contribution in [2.45, 2.75) is 32.9 Å². The third kappa shape index (κ3) is 5.44. The predicted molar refractivity (Wildman–Crippen MR) is 135 cm³/mol. The Morgan fingerprint density at radius 1 is 1.03 bits per heavy atom. The van der Waals surface area contributed by atoms with Crippen LogP contribution in [-0.2, 0) is 17.8 Å². The molecule has 5 rings (SSSR count). The number of anilines is 1. The highest BCUT2D eigenvalue weighted by Gasteiger charge is 2.20. The highest BCUT2D eigenvalue weighted by atomic mass is 19.1. The van der Waals surface area contributed by atoms with Crippen LogP contribution in [0.1, 0.15) is 30.9 Å². The van der Waals surface area contributed by atoms with Gasteiger partial charge in [-0.15, -0.1) is 0 Å². The number of hydrogen-bond acceptors (Lipinski definition) is 8. The van der Waals surface area contributed by atoms with Gasteiger partial charge in [0.15, 0.2) is 17.0 Å². The molecule has 1 saturated heterocycles. The predicted octanol–water partition coefficient (Wildman–Crippen LogP) is 3.67. The molecule has 1 aromatic carbocycles. The molecule has 0 atom stereocenters. The number of nitrogens with two attached hydrogens (primary N) is 1. The fourth-order valence-electron chi connectivity index (χ4n) is 4.23. The van der Waals surface area contributed by atoms with E-state index in [9.17, 15) is 4.39 Å². The number of benzene rings is 1. The number of nitrogens with zero attached hydrogens (tertiary/aromatic N) is 6. The van der Waals surface area contributed by atoms with E-state index in [0.29, 0.717) is 35.7 Å². The van der Waals surface area contributed by atoms with Crippen LogP contribution in [0.15, 0.2) is 42.7 Å². The van der Waals surface area contributed by atoms with Gasteiger partial charge in [0, 0.05) is 31.4 Å². The van der Waals surface area contributed by atoms with Crippen LogP contribution in [0.25, 0.3) is 22.6 Å². The van der Waals surface area contributed by atoms with Crippen molar-refractivity contribution in [2.24, 2.45) is 0 Å². The summed E-state index contributed by atoms with van der Waals surface area (Å²) in [6, 6.07) is 10.1. The molecule has 0 radical (unpaired) electrons. The molecule has 2 N–H and O–H groups in total. The van der Waals surface area contributed by atoms with E-state index in [2.05, 4.69) is 56.0 Å². The maximum absolute atomic E-state index is 14.0. The average Bonchev–Trinajstić information content (AvgIpc) is 3.25. The molecule has 0 unspecified atom stereocenters. The molecule has 3 aromatic heterocycles. The number of aromatic nitrogens is 5. The zero-order valence-corrected chi connectivity index (χ0v) is 20.4. The fourth-order valence-corrected chi connectivity index (χ4v) is 4.23. The molecule has 0 saturated carbocycles. The Bertz CT molecular complexity index is 1320. The first-order valence-electron chi connectivity index (χ1n) is 12.3. The molecule has 0 bridgehead atoms. The van der Waals surface area contributed by atoms with E-state index < -0.39 is 5.82 Å². The number of imidazole rings is 1. The third-order valence-electron chi connectivity index (χ3n) is 6.17. The Morgan fingerprint density at radius 3 is 2.50 bits per heavy atom. The van der Waals surface area contributed by atoms with Gasteiger partial charge >= 0.3 is 6.01 Å². The van der Waals surface area contributed by atoms with Gasteiger partial charge in [-0.1, -0.05) is 37.6 Å². The highest BCUT2D eigenvalue weighted by molar-refractivity contribution is 5.85. The summed E-state index contributed by atoms with van der Waals surface area (Å²) in [7, 11) is 0. The van der Waals surface area contributed by atoms with Crippen molar-refractivity contribution in [1.29, 1.82) is 0 Å². The van der Waals surface area contributed by atoms with Crippen molar-refractivity contribution >= 4 is 17.0 Å². The molecule has 1 aliphatic rings. The summed E-state index contributed by atoms with van der Waals surface area (Å²) < 4.78 is 27.1. The van der Waals surface area contributed by atoms with E-state index in [-0.39, 0.29) is 11.8 Å². The maximum Gasteiger partial charge on any atom is 0.320 e. The Kier molecular flexibility index (Phi) is 7.33. The third-order valence-corrected chi connectivity index (χ3v) is 6.17. The van der Waals surface area contributed by atoms with E-state index in [1.807, 2.05) is 4.57 Å². The zero-order chi connectivity index (χ0) is 24.9. The fraction of sp³-hybridized carbons (Fsp3) is 0.385. The number of fused-ring (bicyclic) bond motifs is 1. The van der Waals surface area contributed by atoms with Gasteiger partial charge in [-0.2, -0.15) is 9.97 Å². The molecule has 188 valence electrons. The number of ether oxygens (including phenoxy) is 2. The quantitative estimate of drug-likeness (QED) is 0.354. The van der Waals surface area contributed by atoms with Crippen LogP contribution in [0.3, 0.4) is 0 Å². The van der Waals surface area contributed by atoms with E-state index >= 15 is 0 Å². The number of unbranched alkanes of at least 4 members (excludes halogenated alkanes) is 1. The minimum absolute atomic E-state index is 0.208. The molecule has 1 aliphatic heterocycles. The van der Waals surface area contributed by atoms with Gasteiger partial charge < -0.3 is 19.8 Å². The standard InChI is InChI=1S/C26H30FN7O2/c1-2-3-10-36-26-31-23(28)22-25(32-26)34(24(30-22)20-13-21(27)15-29-14-20)17-19-6-4-18(5-7-19)16-33-8-11-35-12-9-33/h4-7,13-15H,2-3,8-12,16-17H2,1H3,(H2,28,31,32). The van der Waals surface area contributed by atoms with E-state index in [4.69, 9.17) is 15.2 Å². The van der Waals surface area contributed by atoms with E-state index in [1.54, 1.807) is 6.20 Å². The van der Waals surface area contributed by atoms with Crippen LogP contribution in [0.4, 0.5) is 10.2 Å². The van der Waals surface area contributed by atoms with Crippen LogP contribution in [0, 0.1) is 5.82 Å². The normalized spacial score (nSPS) is 14.4. The molecule has 0 amide bonds. The lowest BCUT2D eigenvalue weighted by molar-refractivity contribution is 0.0342. The van der Waals surface area contributed by atoms with Gasteiger partial charge in [0.2, 0.25) is 0 Å². The Balaban J connectivity index is 1.49. The Hall–Kier alpha value is -3.63. The highest BCUT2D eigenvalue weighted by Crippen LogP contribution is 2.29. The van der Waals surface area contributed by atoms with Crippen LogP contribution >= 0.6 is 0 Å². The van der Waals surface area contributed by atoms with E-state index in [1.165, 1.54) is 11.6 Å². The van der Waals surface area contributed by atoms with Crippen LogP contribution in [0.2, 0.25) is 0 Å². The molecular formula is C26H30FN7O2.